The maximum atomic E-state index is 10.8. The van der Waals surface area contributed by atoms with Gasteiger partial charge in [-0.2, -0.15) is 0 Å². The van der Waals surface area contributed by atoms with E-state index in [9.17, 15) is 4.79 Å². The van der Waals surface area contributed by atoms with E-state index in [1.165, 1.54) is 24.0 Å². The number of aliphatic carboxylic acids is 1. The van der Waals surface area contributed by atoms with Crippen LogP contribution in [0.2, 0.25) is 0 Å². The Hall–Kier alpha value is -0.790. The summed E-state index contributed by atoms with van der Waals surface area (Å²) in [6, 6.07) is 0. The second-order valence-electron chi connectivity index (χ2n) is 4.38. The van der Waals surface area contributed by atoms with Crippen LogP contribution in [0.5, 0.6) is 0 Å². The lowest BCUT2D eigenvalue weighted by atomic mass is 9.89. The van der Waals surface area contributed by atoms with E-state index in [2.05, 4.69) is 13.8 Å². The third-order valence-electron chi connectivity index (χ3n) is 3.11. The first-order valence-corrected chi connectivity index (χ1v) is 5.49. The third-order valence-corrected chi connectivity index (χ3v) is 3.11. The molecule has 2 heteroatoms. The number of carbonyl (C=O) groups is 1. The molecule has 80 valence electrons. The van der Waals surface area contributed by atoms with Gasteiger partial charge in [-0.15, -0.1) is 0 Å². The van der Waals surface area contributed by atoms with Crippen LogP contribution in [0.4, 0.5) is 0 Å². The summed E-state index contributed by atoms with van der Waals surface area (Å²) in [6.45, 7) is 6.17. The smallest absolute Gasteiger partial charge is 0.306 e. The number of rotatable bonds is 5. The quantitative estimate of drug-likeness (QED) is 0.685. The molecule has 0 aromatic heterocycles. The molecule has 2 nitrogen and oxygen atoms in total. The van der Waals surface area contributed by atoms with Crippen LogP contribution in [0, 0.1) is 11.8 Å². The SMILES string of the molecule is CCC(C)C(CC(C)C(=O)O)=C1CC1. The predicted octanol–water partition coefficient (Wildman–Crippen LogP) is 3.23. The van der Waals surface area contributed by atoms with Gasteiger partial charge in [0.15, 0.2) is 0 Å². The first-order chi connectivity index (χ1) is 6.56. The molecule has 1 aliphatic carbocycles. The lowest BCUT2D eigenvalue weighted by Gasteiger charge is -2.16. The van der Waals surface area contributed by atoms with Crippen molar-refractivity contribution in [1.29, 1.82) is 0 Å². The van der Waals surface area contributed by atoms with Gasteiger partial charge < -0.3 is 5.11 Å². The van der Waals surface area contributed by atoms with Crippen LogP contribution in [0.3, 0.4) is 0 Å². The molecule has 14 heavy (non-hydrogen) atoms. The van der Waals surface area contributed by atoms with E-state index in [0.717, 1.165) is 12.8 Å². The molecule has 1 saturated carbocycles. The minimum atomic E-state index is -0.674. The standard InChI is InChI=1S/C12H20O2/c1-4-8(2)11(10-5-6-10)7-9(3)12(13)14/h8-9H,4-7H2,1-3H3,(H,13,14). The lowest BCUT2D eigenvalue weighted by molar-refractivity contribution is -0.141. The van der Waals surface area contributed by atoms with E-state index < -0.39 is 5.97 Å². The van der Waals surface area contributed by atoms with Gasteiger partial charge in [0.1, 0.15) is 0 Å². The Morgan fingerprint density at radius 1 is 1.36 bits per heavy atom. The Kier molecular flexibility index (Phi) is 3.73. The van der Waals surface area contributed by atoms with E-state index in [0.29, 0.717) is 5.92 Å². The molecule has 0 heterocycles. The van der Waals surface area contributed by atoms with Crippen LogP contribution in [0.15, 0.2) is 11.1 Å². The summed E-state index contributed by atoms with van der Waals surface area (Å²) in [7, 11) is 0. The van der Waals surface area contributed by atoms with Crippen molar-refractivity contribution in [1.82, 2.24) is 0 Å². The number of carboxylic acids is 1. The van der Waals surface area contributed by atoms with Crippen LogP contribution >= 0.6 is 0 Å². The Bertz CT molecular complexity index is 247. The van der Waals surface area contributed by atoms with Crippen LogP contribution in [0.1, 0.15) is 46.5 Å². The Labute approximate surface area is 86.0 Å². The maximum Gasteiger partial charge on any atom is 0.306 e. The zero-order valence-corrected chi connectivity index (χ0v) is 9.34. The van der Waals surface area contributed by atoms with Crippen LogP contribution in [-0.4, -0.2) is 11.1 Å². The molecule has 2 atom stereocenters. The molecule has 1 N–H and O–H groups in total. The fourth-order valence-corrected chi connectivity index (χ4v) is 1.74. The Morgan fingerprint density at radius 2 is 1.93 bits per heavy atom. The van der Waals surface area contributed by atoms with Crippen LogP contribution < -0.4 is 0 Å². The zero-order chi connectivity index (χ0) is 10.7. The van der Waals surface area contributed by atoms with Gasteiger partial charge >= 0.3 is 5.97 Å². The molecule has 1 fully saturated rings. The normalized spacial score (nSPS) is 18.9. The highest BCUT2D eigenvalue weighted by Crippen LogP contribution is 2.38. The Morgan fingerprint density at radius 3 is 2.29 bits per heavy atom. The van der Waals surface area contributed by atoms with Crippen molar-refractivity contribution in [2.24, 2.45) is 11.8 Å². The molecule has 0 aliphatic heterocycles. The highest BCUT2D eigenvalue weighted by molar-refractivity contribution is 5.70. The van der Waals surface area contributed by atoms with Crippen LogP contribution in [-0.2, 0) is 4.79 Å². The van der Waals surface area contributed by atoms with Crippen molar-refractivity contribution < 1.29 is 9.90 Å². The van der Waals surface area contributed by atoms with Gasteiger partial charge in [0.2, 0.25) is 0 Å². The molecular weight excluding hydrogens is 176 g/mol. The van der Waals surface area contributed by atoms with Gasteiger partial charge in [-0.25, -0.2) is 0 Å². The third kappa shape index (κ3) is 2.86. The van der Waals surface area contributed by atoms with Crippen molar-refractivity contribution in [2.75, 3.05) is 0 Å². The van der Waals surface area contributed by atoms with Gasteiger partial charge in [0, 0.05) is 0 Å². The summed E-state index contributed by atoms with van der Waals surface area (Å²) < 4.78 is 0. The van der Waals surface area contributed by atoms with Gasteiger partial charge in [-0.1, -0.05) is 31.9 Å². The van der Waals surface area contributed by atoms with E-state index in [-0.39, 0.29) is 5.92 Å². The molecule has 0 bridgehead atoms. The average Bonchev–Trinajstić information content (AvgIpc) is 2.95. The molecule has 0 spiro atoms. The second-order valence-corrected chi connectivity index (χ2v) is 4.38. The zero-order valence-electron chi connectivity index (χ0n) is 9.34. The monoisotopic (exact) mass is 196 g/mol. The molecule has 0 aromatic rings. The number of hydrogen-bond donors (Lipinski definition) is 1. The minimum Gasteiger partial charge on any atom is -0.481 e. The molecular formula is C12H20O2. The average molecular weight is 196 g/mol. The Balaban J connectivity index is 2.63. The predicted molar refractivity (Wildman–Crippen MR) is 57.1 cm³/mol. The molecule has 0 amide bonds. The largest absolute Gasteiger partial charge is 0.481 e. The number of allylic oxidation sites excluding steroid dienone is 2. The minimum absolute atomic E-state index is 0.230. The lowest BCUT2D eigenvalue weighted by Crippen LogP contribution is -2.12. The maximum absolute atomic E-state index is 10.8. The first kappa shape index (κ1) is 11.3. The van der Waals surface area contributed by atoms with E-state index in [1.807, 2.05) is 0 Å². The van der Waals surface area contributed by atoms with Gasteiger partial charge in [-0.3, -0.25) is 4.79 Å². The second kappa shape index (κ2) is 4.63. The molecule has 2 unspecified atom stereocenters. The fraction of sp³-hybridized carbons (Fsp3) is 0.750. The summed E-state index contributed by atoms with van der Waals surface area (Å²) in [5, 5.41) is 8.86. The first-order valence-electron chi connectivity index (χ1n) is 5.49. The van der Waals surface area contributed by atoms with Crippen molar-refractivity contribution in [2.45, 2.75) is 46.5 Å². The molecule has 0 radical (unpaired) electrons. The molecule has 1 rings (SSSR count). The summed E-state index contributed by atoms with van der Waals surface area (Å²) in [5.41, 5.74) is 2.94. The number of carboxylic acid groups (broad SMARTS) is 1. The van der Waals surface area contributed by atoms with Crippen molar-refractivity contribution in [3.8, 4) is 0 Å². The summed E-state index contributed by atoms with van der Waals surface area (Å²) in [5.74, 6) is -0.339. The van der Waals surface area contributed by atoms with Crippen molar-refractivity contribution >= 4 is 5.97 Å². The molecule has 0 saturated heterocycles. The van der Waals surface area contributed by atoms with Crippen molar-refractivity contribution in [3.63, 3.8) is 0 Å². The summed E-state index contributed by atoms with van der Waals surface area (Å²) >= 11 is 0. The molecule has 1 aliphatic rings. The fourth-order valence-electron chi connectivity index (χ4n) is 1.74. The van der Waals surface area contributed by atoms with E-state index >= 15 is 0 Å². The highest BCUT2D eigenvalue weighted by atomic mass is 16.4. The van der Waals surface area contributed by atoms with Gasteiger partial charge in [0.25, 0.3) is 0 Å². The van der Waals surface area contributed by atoms with E-state index in [1.54, 1.807) is 6.92 Å². The van der Waals surface area contributed by atoms with E-state index in [4.69, 9.17) is 5.11 Å². The van der Waals surface area contributed by atoms with Gasteiger partial charge in [0.05, 0.1) is 5.92 Å². The summed E-state index contributed by atoms with van der Waals surface area (Å²) in [4.78, 5) is 10.8. The highest BCUT2D eigenvalue weighted by Gasteiger charge is 2.24. The van der Waals surface area contributed by atoms with Crippen LogP contribution in [0.25, 0.3) is 0 Å². The van der Waals surface area contributed by atoms with Gasteiger partial charge in [-0.05, 0) is 31.6 Å². The number of hydrogen-bond acceptors (Lipinski definition) is 1. The topological polar surface area (TPSA) is 37.3 Å². The van der Waals surface area contributed by atoms with Crippen molar-refractivity contribution in [3.05, 3.63) is 11.1 Å². The molecule has 0 aromatic carbocycles. The summed E-state index contributed by atoms with van der Waals surface area (Å²) in [6.07, 6.45) is 4.27.